The molecule has 116 valence electrons. The lowest BCUT2D eigenvalue weighted by molar-refractivity contribution is -0.145. The lowest BCUT2D eigenvalue weighted by atomic mass is 9.92. The smallest absolute Gasteiger partial charge is 0.328 e. The van der Waals surface area contributed by atoms with Gasteiger partial charge in [-0.2, -0.15) is 0 Å². The van der Waals surface area contributed by atoms with E-state index in [-0.39, 0.29) is 5.91 Å². The minimum Gasteiger partial charge on any atom is -0.467 e. The van der Waals surface area contributed by atoms with Gasteiger partial charge in [0, 0.05) is 6.42 Å². The third-order valence-electron chi connectivity index (χ3n) is 3.79. The molecule has 1 atom stereocenters. The molecule has 0 bridgehead atoms. The molecule has 0 aromatic heterocycles. The number of methoxy groups -OCH3 is 1. The topological polar surface area (TPSA) is 81.4 Å². The quantitative estimate of drug-likeness (QED) is 0.744. The summed E-state index contributed by atoms with van der Waals surface area (Å²) in [5.41, 5.74) is 6.05. The van der Waals surface area contributed by atoms with Crippen LogP contribution in [0.1, 0.15) is 32.3 Å². The molecule has 1 aromatic carbocycles. The van der Waals surface area contributed by atoms with Crippen molar-refractivity contribution in [2.24, 2.45) is 5.73 Å². The predicted molar refractivity (Wildman–Crippen MR) is 81.6 cm³/mol. The molecule has 1 aromatic rings. The Kier molecular flexibility index (Phi) is 6.37. The van der Waals surface area contributed by atoms with Crippen molar-refractivity contribution in [3.05, 3.63) is 35.9 Å². The van der Waals surface area contributed by atoms with Crippen molar-refractivity contribution in [3.8, 4) is 0 Å². The molecule has 0 heterocycles. The number of amides is 1. The van der Waals surface area contributed by atoms with E-state index in [9.17, 15) is 9.59 Å². The maximum absolute atomic E-state index is 12.3. The van der Waals surface area contributed by atoms with Gasteiger partial charge in [-0.1, -0.05) is 44.2 Å². The Morgan fingerprint density at radius 1 is 1.24 bits per heavy atom. The molecular weight excluding hydrogens is 268 g/mol. The molecule has 0 saturated heterocycles. The van der Waals surface area contributed by atoms with E-state index in [2.05, 4.69) is 5.32 Å². The SMILES string of the molecule is CCC(N)(CC)C(=O)NC(Cc1ccccc1)C(=O)OC. The van der Waals surface area contributed by atoms with Crippen LogP contribution in [0.15, 0.2) is 30.3 Å². The van der Waals surface area contributed by atoms with E-state index in [0.29, 0.717) is 19.3 Å². The summed E-state index contributed by atoms with van der Waals surface area (Å²) in [5.74, 6) is -0.791. The van der Waals surface area contributed by atoms with Crippen molar-refractivity contribution in [2.75, 3.05) is 7.11 Å². The van der Waals surface area contributed by atoms with Crippen LogP contribution in [0.2, 0.25) is 0 Å². The van der Waals surface area contributed by atoms with Gasteiger partial charge in [-0.25, -0.2) is 4.79 Å². The van der Waals surface area contributed by atoms with E-state index in [1.54, 1.807) is 0 Å². The average molecular weight is 292 g/mol. The number of hydrogen-bond donors (Lipinski definition) is 2. The van der Waals surface area contributed by atoms with Crippen LogP contribution < -0.4 is 11.1 Å². The normalized spacial score (nSPS) is 12.6. The number of benzene rings is 1. The van der Waals surface area contributed by atoms with E-state index in [4.69, 9.17) is 10.5 Å². The molecule has 0 aliphatic rings. The van der Waals surface area contributed by atoms with E-state index in [0.717, 1.165) is 5.56 Å². The zero-order valence-electron chi connectivity index (χ0n) is 12.9. The summed E-state index contributed by atoms with van der Waals surface area (Å²) in [6.45, 7) is 3.71. The average Bonchev–Trinajstić information content (AvgIpc) is 2.53. The van der Waals surface area contributed by atoms with Crippen molar-refractivity contribution in [1.29, 1.82) is 0 Å². The largest absolute Gasteiger partial charge is 0.467 e. The highest BCUT2D eigenvalue weighted by Crippen LogP contribution is 2.13. The molecule has 3 N–H and O–H groups in total. The number of nitrogens with one attached hydrogen (secondary N) is 1. The van der Waals surface area contributed by atoms with Crippen LogP contribution in [-0.4, -0.2) is 30.6 Å². The molecule has 0 radical (unpaired) electrons. The fraction of sp³-hybridized carbons (Fsp3) is 0.500. The van der Waals surface area contributed by atoms with Crippen LogP contribution in [0.5, 0.6) is 0 Å². The van der Waals surface area contributed by atoms with Gasteiger partial charge in [0.25, 0.3) is 0 Å². The first-order valence-electron chi connectivity index (χ1n) is 7.18. The lowest BCUT2D eigenvalue weighted by Crippen LogP contribution is -2.57. The van der Waals surface area contributed by atoms with Gasteiger partial charge in [-0.15, -0.1) is 0 Å². The Labute approximate surface area is 125 Å². The Hall–Kier alpha value is -1.88. The summed E-state index contributed by atoms with van der Waals surface area (Å²) in [6.07, 6.45) is 1.39. The molecule has 0 fully saturated rings. The molecule has 21 heavy (non-hydrogen) atoms. The Morgan fingerprint density at radius 3 is 2.29 bits per heavy atom. The van der Waals surface area contributed by atoms with Crippen molar-refractivity contribution in [3.63, 3.8) is 0 Å². The van der Waals surface area contributed by atoms with Crippen LogP contribution in [-0.2, 0) is 20.7 Å². The van der Waals surface area contributed by atoms with Crippen molar-refractivity contribution in [1.82, 2.24) is 5.32 Å². The summed E-state index contributed by atoms with van der Waals surface area (Å²) in [7, 11) is 1.31. The minimum atomic E-state index is -0.955. The Balaban J connectivity index is 2.84. The van der Waals surface area contributed by atoms with Crippen LogP contribution in [0.3, 0.4) is 0 Å². The fourth-order valence-electron chi connectivity index (χ4n) is 2.06. The first-order valence-corrected chi connectivity index (χ1v) is 7.18. The second-order valence-electron chi connectivity index (χ2n) is 5.10. The highest BCUT2D eigenvalue weighted by Gasteiger charge is 2.33. The Morgan fingerprint density at radius 2 is 1.81 bits per heavy atom. The number of nitrogens with two attached hydrogens (primary N) is 1. The van der Waals surface area contributed by atoms with Crippen LogP contribution >= 0.6 is 0 Å². The number of hydrogen-bond acceptors (Lipinski definition) is 4. The lowest BCUT2D eigenvalue weighted by Gasteiger charge is -2.27. The number of carbonyl (C=O) groups is 2. The molecule has 1 rings (SSSR count). The number of ether oxygens (including phenoxy) is 1. The maximum Gasteiger partial charge on any atom is 0.328 e. The number of rotatable bonds is 7. The third-order valence-corrected chi connectivity index (χ3v) is 3.79. The van der Waals surface area contributed by atoms with Gasteiger partial charge >= 0.3 is 5.97 Å². The monoisotopic (exact) mass is 292 g/mol. The first-order chi connectivity index (χ1) is 9.96. The summed E-state index contributed by atoms with van der Waals surface area (Å²) < 4.78 is 4.77. The third kappa shape index (κ3) is 4.56. The highest BCUT2D eigenvalue weighted by molar-refractivity contribution is 5.90. The van der Waals surface area contributed by atoms with Crippen LogP contribution in [0.4, 0.5) is 0 Å². The van der Waals surface area contributed by atoms with Gasteiger partial charge in [-0.05, 0) is 18.4 Å². The maximum atomic E-state index is 12.3. The van der Waals surface area contributed by atoms with Gasteiger partial charge in [0.15, 0.2) is 0 Å². The van der Waals surface area contributed by atoms with Gasteiger partial charge in [-0.3, -0.25) is 4.79 Å². The molecule has 5 nitrogen and oxygen atoms in total. The summed E-state index contributed by atoms with van der Waals surface area (Å²) in [6, 6.07) is 8.74. The van der Waals surface area contributed by atoms with Crippen LogP contribution in [0.25, 0.3) is 0 Å². The molecule has 5 heteroatoms. The van der Waals surface area contributed by atoms with Gasteiger partial charge in [0.05, 0.1) is 12.6 Å². The van der Waals surface area contributed by atoms with Crippen molar-refractivity contribution < 1.29 is 14.3 Å². The summed E-state index contributed by atoms with van der Waals surface area (Å²) >= 11 is 0. The van der Waals surface area contributed by atoms with Crippen LogP contribution in [0, 0.1) is 0 Å². The second-order valence-corrected chi connectivity index (χ2v) is 5.10. The Bertz CT molecular complexity index is 470. The molecule has 0 saturated carbocycles. The molecule has 0 spiro atoms. The number of carbonyl (C=O) groups excluding carboxylic acids is 2. The summed E-state index contributed by atoms with van der Waals surface area (Å²) in [5, 5.41) is 2.72. The molecule has 0 aliphatic heterocycles. The zero-order valence-corrected chi connectivity index (χ0v) is 12.9. The fourth-order valence-corrected chi connectivity index (χ4v) is 2.06. The highest BCUT2D eigenvalue weighted by atomic mass is 16.5. The van der Waals surface area contributed by atoms with E-state index < -0.39 is 17.6 Å². The van der Waals surface area contributed by atoms with Gasteiger partial charge < -0.3 is 15.8 Å². The second kappa shape index (κ2) is 7.78. The minimum absolute atomic E-state index is 0.321. The molecule has 1 amide bonds. The number of esters is 1. The predicted octanol–water partition coefficient (Wildman–Crippen LogP) is 1.40. The standard InChI is InChI=1S/C16H24N2O3/c1-4-16(17,5-2)15(20)18-13(14(19)21-3)11-12-9-7-6-8-10-12/h6-10,13H,4-5,11,17H2,1-3H3,(H,18,20). The summed E-state index contributed by atoms with van der Waals surface area (Å²) in [4.78, 5) is 24.2. The van der Waals surface area contributed by atoms with Gasteiger partial charge in [0.2, 0.25) is 5.91 Å². The van der Waals surface area contributed by atoms with E-state index in [1.807, 2.05) is 44.2 Å². The van der Waals surface area contributed by atoms with E-state index >= 15 is 0 Å². The van der Waals surface area contributed by atoms with Crippen molar-refractivity contribution >= 4 is 11.9 Å². The molecule has 0 aliphatic carbocycles. The van der Waals surface area contributed by atoms with Crippen molar-refractivity contribution in [2.45, 2.75) is 44.7 Å². The molecular formula is C16H24N2O3. The molecule has 1 unspecified atom stereocenters. The van der Waals surface area contributed by atoms with Gasteiger partial charge in [0.1, 0.15) is 6.04 Å². The zero-order chi connectivity index (χ0) is 15.9. The van der Waals surface area contributed by atoms with E-state index in [1.165, 1.54) is 7.11 Å². The first kappa shape index (κ1) is 17.2.